The Kier molecular flexibility index (Phi) is 2.96. The molecule has 0 radical (unpaired) electrons. The number of benzene rings is 1. The van der Waals surface area contributed by atoms with Gasteiger partial charge in [-0.1, -0.05) is 0 Å². The van der Waals surface area contributed by atoms with Gasteiger partial charge in [-0.3, -0.25) is 19.7 Å². The molecule has 7 nitrogen and oxygen atoms in total. The van der Waals surface area contributed by atoms with Gasteiger partial charge in [-0.05, 0) is 18.2 Å². The Morgan fingerprint density at radius 3 is 2.50 bits per heavy atom. The Morgan fingerprint density at radius 2 is 1.94 bits per heavy atom. The van der Waals surface area contributed by atoms with Crippen LogP contribution in [0.25, 0.3) is 11.3 Å². The topological polar surface area (TPSA) is 106 Å². The number of nitro benzene ring substituents is 1. The van der Waals surface area contributed by atoms with E-state index in [2.05, 4.69) is 10.2 Å². The van der Waals surface area contributed by atoms with Crippen LogP contribution in [0.4, 0.5) is 5.69 Å². The quantitative estimate of drug-likeness (QED) is 0.496. The number of rotatable bonds is 3. The highest BCUT2D eigenvalue weighted by atomic mass is 16.6. The van der Waals surface area contributed by atoms with Crippen molar-refractivity contribution >= 4 is 12.0 Å². The van der Waals surface area contributed by atoms with Crippen LogP contribution in [0.2, 0.25) is 0 Å². The number of carbonyl (C=O) groups is 1. The summed E-state index contributed by atoms with van der Waals surface area (Å²) in [4.78, 5) is 31.7. The van der Waals surface area contributed by atoms with Gasteiger partial charge in [0.2, 0.25) is 0 Å². The first-order chi connectivity index (χ1) is 8.61. The van der Waals surface area contributed by atoms with E-state index in [0.717, 1.165) is 0 Å². The molecule has 7 heteroatoms. The molecule has 0 fully saturated rings. The minimum atomic E-state index is -0.573. The summed E-state index contributed by atoms with van der Waals surface area (Å²) in [6.07, 6.45) is 0.426. The smallest absolute Gasteiger partial charge is 0.274 e. The van der Waals surface area contributed by atoms with Crippen LogP contribution in [-0.4, -0.2) is 21.4 Å². The third kappa shape index (κ3) is 2.14. The Balaban J connectivity index is 2.45. The van der Waals surface area contributed by atoms with Crippen LogP contribution >= 0.6 is 0 Å². The average molecular weight is 245 g/mol. The van der Waals surface area contributed by atoms with Crippen molar-refractivity contribution in [3.63, 3.8) is 0 Å². The number of aromatic nitrogens is 2. The summed E-state index contributed by atoms with van der Waals surface area (Å²) in [5, 5.41) is 16.4. The number of nitro groups is 1. The van der Waals surface area contributed by atoms with Gasteiger partial charge in [0, 0.05) is 17.7 Å². The SMILES string of the molecule is O=Cc1cc(-c2ccc([N+](=O)[O-])cc2)n[nH]c1=O. The molecule has 0 aliphatic carbocycles. The fraction of sp³-hybridized carbons (Fsp3) is 0. The standard InChI is InChI=1S/C11H7N3O4/c15-6-8-5-10(12-13-11(8)16)7-1-3-9(4-2-7)14(17)18/h1-6H,(H,13,16). The lowest BCUT2D eigenvalue weighted by Crippen LogP contribution is -2.13. The number of nitrogens with zero attached hydrogens (tertiary/aromatic N) is 2. The summed E-state index contributed by atoms with van der Waals surface area (Å²) in [6.45, 7) is 0. The normalized spacial score (nSPS) is 10.0. The predicted molar refractivity (Wildman–Crippen MR) is 62.3 cm³/mol. The van der Waals surface area contributed by atoms with Crippen molar-refractivity contribution in [3.8, 4) is 11.3 Å². The third-order valence-corrected chi connectivity index (χ3v) is 2.33. The summed E-state index contributed by atoms with van der Waals surface area (Å²) in [5.41, 5.74) is 0.277. The minimum Gasteiger partial charge on any atom is -0.298 e. The highest BCUT2D eigenvalue weighted by Gasteiger charge is 2.08. The summed E-state index contributed by atoms with van der Waals surface area (Å²) >= 11 is 0. The van der Waals surface area contributed by atoms with Gasteiger partial charge in [0.05, 0.1) is 16.2 Å². The fourth-order valence-electron chi connectivity index (χ4n) is 1.41. The van der Waals surface area contributed by atoms with Crippen molar-refractivity contribution in [3.05, 3.63) is 56.4 Å². The van der Waals surface area contributed by atoms with Gasteiger partial charge < -0.3 is 0 Å². The van der Waals surface area contributed by atoms with E-state index in [1.807, 2.05) is 0 Å². The first-order valence-corrected chi connectivity index (χ1v) is 4.91. The number of aromatic amines is 1. The van der Waals surface area contributed by atoms with E-state index in [1.54, 1.807) is 0 Å². The Hall–Kier alpha value is -2.83. The molecule has 0 atom stereocenters. The Morgan fingerprint density at radius 1 is 1.28 bits per heavy atom. The molecule has 1 N–H and O–H groups in total. The lowest BCUT2D eigenvalue weighted by Gasteiger charge is -2.00. The van der Waals surface area contributed by atoms with Crippen molar-refractivity contribution in [2.75, 3.05) is 0 Å². The maximum Gasteiger partial charge on any atom is 0.274 e. The van der Waals surface area contributed by atoms with Crippen LogP contribution in [0.15, 0.2) is 35.1 Å². The van der Waals surface area contributed by atoms with E-state index in [9.17, 15) is 19.7 Å². The largest absolute Gasteiger partial charge is 0.298 e. The number of hydrogen-bond donors (Lipinski definition) is 1. The first-order valence-electron chi connectivity index (χ1n) is 4.91. The maximum absolute atomic E-state index is 11.1. The first kappa shape index (κ1) is 11.6. The molecule has 90 valence electrons. The second kappa shape index (κ2) is 4.58. The monoisotopic (exact) mass is 245 g/mol. The Labute approximate surface area is 100 Å². The lowest BCUT2D eigenvalue weighted by atomic mass is 10.1. The molecule has 1 aromatic heterocycles. The lowest BCUT2D eigenvalue weighted by molar-refractivity contribution is -0.384. The van der Waals surface area contributed by atoms with Gasteiger partial charge in [0.25, 0.3) is 11.2 Å². The van der Waals surface area contributed by atoms with Crippen molar-refractivity contribution in [2.24, 2.45) is 0 Å². The van der Waals surface area contributed by atoms with E-state index in [1.165, 1.54) is 30.3 Å². The second-order valence-electron chi connectivity index (χ2n) is 3.46. The zero-order chi connectivity index (χ0) is 13.1. The van der Waals surface area contributed by atoms with Crippen LogP contribution < -0.4 is 5.56 Å². The Bertz CT molecular complexity index is 661. The van der Waals surface area contributed by atoms with Crippen LogP contribution in [0.5, 0.6) is 0 Å². The van der Waals surface area contributed by atoms with Crippen LogP contribution in [0, 0.1) is 10.1 Å². The molecule has 0 amide bonds. The average Bonchev–Trinajstić information content (AvgIpc) is 2.39. The van der Waals surface area contributed by atoms with Gasteiger partial charge in [-0.2, -0.15) is 5.10 Å². The van der Waals surface area contributed by atoms with Crippen LogP contribution in [0.3, 0.4) is 0 Å². The molecule has 0 bridgehead atoms. The zero-order valence-electron chi connectivity index (χ0n) is 8.99. The highest BCUT2D eigenvalue weighted by Crippen LogP contribution is 2.19. The van der Waals surface area contributed by atoms with E-state index in [0.29, 0.717) is 17.5 Å². The van der Waals surface area contributed by atoms with E-state index >= 15 is 0 Å². The molecule has 0 aliphatic heterocycles. The van der Waals surface area contributed by atoms with Gasteiger partial charge in [0.15, 0.2) is 6.29 Å². The van der Waals surface area contributed by atoms with Gasteiger partial charge in [-0.15, -0.1) is 0 Å². The number of non-ortho nitro benzene ring substituents is 1. The molecule has 0 unspecified atom stereocenters. The van der Waals surface area contributed by atoms with E-state index in [-0.39, 0.29) is 11.3 Å². The molecule has 0 aliphatic rings. The van der Waals surface area contributed by atoms with Crippen LogP contribution in [-0.2, 0) is 0 Å². The number of hydrogen-bond acceptors (Lipinski definition) is 5. The molecular formula is C11H7N3O4. The summed E-state index contributed by atoms with van der Waals surface area (Å²) < 4.78 is 0. The van der Waals surface area contributed by atoms with Gasteiger partial charge in [-0.25, -0.2) is 5.10 Å². The second-order valence-corrected chi connectivity index (χ2v) is 3.46. The summed E-state index contributed by atoms with van der Waals surface area (Å²) in [6, 6.07) is 6.96. The molecule has 0 saturated carbocycles. The highest BCUT2D eigenvalue weighted by molar-refractivity contribution is 5.76. The van der Waals surface area contributed by atoms with Crippen LogP contribution in [0.1, 0.15) is 10.4 Å². The number of aldehydes is 1. The molecule has 2 aromatic rings. The summed E-state index contributed by atoms with van der Waals surface area (Å²) in [7, 11) is 0. The number of carbonyl (C=O) groups excluding carboxylic acids is 1. The van der Waals surface area contributed by atoms with Crippen molar-refractivity contribution in [2.45, 2.75) is 0 Å². The predicted octanol–water partition coefficient (Wildman–Crippen LogP) is 1.16. The number of H-pyrrole nitrogens is 1. The molecule has 18 heavy (non-hydrogen) atoms. The van der Waals surface area contributed by atoms with Crippen molar-refractivity contribution < 1.29 is 9.72 Å². The molecule has 2 rings (SSSR count). The molecule has 0 spiro atoms. The fourth-order valence-corrected chi connectivity index (χ4v) is 1.41. The van der Waals surface area contributed by atoms with Crippen molar-refractivity contribution in [1.29, 1.82) is 0 Å². The molecule has 1 heterocycles. The minimum absolute atomic E-state index is 0.0428. The summed E-state index contributed by atoms with van der Waals surface area (Å²) in [5.74, 6) is 0. The maximum atomic E-state index is 11.1. The molecule has 0 saturated heterocycles. The van der Waals surface area contributed by atoms with E-state index < -0.39 is 10.5 Å². The molecule has 1 aromatic carbocycles. The third-order valence-electron chi connectivity index (χ3n) is 2.33. The van der Waals surface area contributed by atoms with Gasteiger partial charge in [0.1, 0.15) is 0 Å². The number of nitrogens with one attached hydrogen (secondary N) is 1. The van der Waals surface area contributed by atoms with E-state index in [4.69, 9.17) is 0 Å². The van der Waals surface area contributed by atoms with Crippen molar-refractivity contribution in [1.82, 2.24) is 10.2 Å². The zero-order valence-corrected chi connectivity index (χ0v) is 8.99. The van der Waals surface area contributed by atoms with Gasteiger partial charge >= 0.3 is 0 Å². The molecular weight excluding hydrogens is 238 g/mol.